The van der Waals surface area contributed by atoms with E-state index in [4.69, 9.17) is 5.73 Å². The van der Waals surface area contributed by atoms with Gasteiger partial charge in [-0.3, -0.25) is 4.90 Å². The van der Waals surface area contributed by atoms with Gasteiger partial charge in [0, 0.05) is 44.5 Å². The van der Waals surface area contributed by atoms with Crippen LogP contribution in [0.1, 0.15) is 13.8 Å². The Hall–Kier alpha value is -1.20. The van der Waals surface area contributed by atoms with Gasteiger partial charge < -0.3 is 10.6 Å². The summed E-state index contributed by atoms with van der Waals surface area (Å²) in [7, 11) is 0. The van der Waals surface area contributed by atoms with E-state index in [-0.39, 0.29) is 11.4 Å². The first kappa shape index (κ1) is 13.2. The number of hydrogen-bond acceptors (Lipinski definition) is 4. The largest absolute Gasteiger partial charge is 0.352 e. The SMILES string of the molecule is CC(C)(CN)N1CCN(c2ncccc2F)CC1. The summed E-state index contributed by atoms with van der Waals surface area (Å²) in [6, 6.07) is 3.07. The molecule has 1 aliphatic rings. The van der Waals surface area contributed by atoms with E-state index in [0.717, 1.165) is 26.2 Å². The van der Waals surface area contributed by atoms with Gasteiger partial charge in [0.2, 0.25) is 0 Å². The lowest BCUT2D eigenvalue weighted by molar-refractivity contribution is 0.118. The van der Waals surface area contributed by atoms with Crippen LogP contribution in [0.2, 0.25) is 0 Å². The van der Waals surface area contributed by atoms with Gasteiger partial charge in [-0.15, -0.1) is 0 Å². The topological polar surface area (TPSA) is 45.4 Å². The standard InChI is InChI=1S/C13H21FN4/c1-13(2,10-15)18-8-6-17(7-9-18)12-11(14)4-3-5-16-12/h3-5H,6-10,15H2,1-2H3. The average Bonchev–Trinajstić information content (AvgIpc) is 2.39. The van der Waals surface area contributed by atoms with E-state index < -0.39 is 0 Å². The number of nitrogens with zero attached hydrogens (tertiary/aromatic N) is 3. The molecular weight excluding hydrogens is 231 g/mol. The van der Waals surface area contributed by atoms with E-state index in [9.17, 15) is 4.39 Å². The zero-order chi connectivity index (χ0) is 13.2. The minimum atomic E-state index is -0.246. The first-order valence-electron chi connectivity index (χ1n) is 6.35. The monoisotopic (exact) mass is 252 g/mol. The number of pyridine rings is 1. The molecule has 18 heavy (non-hydrogen) atoms. The summed E-state index contributed by atoms with van der Waals surface area (Å²) in [5, 5.41) is 0. The molecule has 1 aromatic rings. The second kappa shape index (κ2) is 5.20. The smallest absolute Gasteiger partial charge is 0.165 e. The molecule has 1 aliphatic heterocycles. The molecule has 100 valence electrons. The highest BCUT2D eigenvalue weighted by molar-refractivity contribution is 5.40. The maximum atomic E-state index is 13.6. The van der Waals surface area contributed by atoms with Crippen LogP contribution in [-0.4, -0.2) is 48.1 Å². The van der Waals surface area contributed by atoms with Crippen molar-refractivity contribution < 1.29 is 4.39 Å². The highest BCUT2D eigenvalue weighted by Crippen LogP contribution is 2.20. The van der Waals surface area contributed by atoms with Gasteiger partial charge in [0.05, 0.1) is 0 Å². The Balaban J connectivity index is 2.01. The van der Waals surface area contributed by atoms with Gasteiger partial charge in [-0.1, -0.05) is 0 Å². The van der Waals surface area contributed by atoms with E-state index >= 15 is 0 Å². The van der Waals surface area contributed by atoms with E-state index in [1.165, 1.54) is 6.07 Å². The zero-order valence-electron chi connectivity index (χ0n) is 11.1. The number of rotatable bonds is 3. The van der Waals surface area contributed by atoms with Crippen LogP contribution >= 0.6 is 0 Å². The third kappa shape index (κ3) is 2.62. The first-order chi connectivity index (χ1) is 8.54. The number of halogens is 1. The Morgan fingerprint density at radius 2 is 2.00 bits per heavy atom. The molecule has 1 saturated heterocycles. The van der Waals surface area contributed by atoms with Crippen molar-refractivity contribution in [3.63, 3.8) is 0 Å². The molecule has 1 fully saturated rings. The predicted octanol–water partition coefficient (Wildman–Crippen LogP) is 1.08. The van der Waals surface area contributed by atoms with Crippen molar-refractivity contribution in [2.24, 2.45) is 5.73 Å². The fraction of sp³-hybridized carbons (Fsp3) is 0.615. The third-order valence-electron chi connectivity index (χ3n) is 3.67. The van der Waals surface area contributed by atoms with Gasteiger partial charge in [-0.25, -0.2) is 9.37 Å². The van der Waals surface area contributed by atoms with Gasteiger partial charge in [0.1, 0.15) is 0 Å². The maximum absolute atomic E-state index is 13.6. The molecule has 0 saturated carbocycles. The molecule has 1 aromatic heterocycles. The molecule has 2 N–H and O–H groups in total. The lowest BCUT2D eigenvalue weighted by Gasteiger charge is -2.43. The summed E-state index contributed by atoms with van der Waals surface area (Å²) in [5.41, 5.74) is 5.79. The molecule has 0 bridgehead atoms. The Labute approximate surface area is 108 Å². The van der Waals surface area contributed by atoms with E-state index in [1.54, 1.807) is 12.3 Å². The molecule has 0 radical (unpaired) electrons. The third-order valence-corrected chi connectivity index (χ3v) is 3.67. The number of anilines is 1. The summed E-state index contributed by atoms with van der Waals surface area (Å²) in [4.78, 5) is 8.47. The van der Waals surface area contributed by atoms with Crippen molar-refractivity contribution in [3.8, 4) is 0 Å². The summed E-state index contributed by atoms with van der Waals surface area (Å²) in [6.45, 7) is 8.27. The van der Waals surface area contributed by atoms with E-state index in [0.29, 0.717) is 12.4 Å². The molecule has 0 aliphatic carbocycles. The van der Waals surface area contributed by atoms with Crippen LogP contribution in [0.25, 0.3) is 0 Å². The molecule has 4 nitrogen and oxygen atoms in total. The van der Waals surface area contributed by atoms with Gasteiger partial charge in [0.15, 0.2) is 11.6 Å². The van der Waals surface area contributed by atoms with Gasteiger partial charge in [-0.2, -0.15) is 0 Å². The van der Waals surface area contributed by atoms with Crippen molar-refractivity contribution in [3.05, 3.63) is 24.1 Å². The number of hydrogen-bond donors (Lipinski definition) is 1. The van der Waals surface area contributed by atoms with Crippen LogP contribution in [0.5, 0.6) is 0 Å². The summed E-state index contributed by atoms with van der Waals surface area (Å²) < 4.78 is 13.6. The van der Waals surface area contributed by atoms with Crippen molar-refractivity contribution in [1.82, 2.24) is 9.88 Å². The van der Waals surface area contributed by atoms with Crippen LogP contribution in [-0.2, 0) is 0 Å². The van der Waals surface area contributed by atoms with Crippen molar-refractivity contribution in [1.29, 1.82) is 0 Å². The van der Waals surface area contributed by atoms with E-state index in [1.807, 2.05) is 4.90 Å². The molecule has 0 spiro atoms. The van der Waals surface area contributed by atoms with Crippen LogP contribution in [0, 0.1) is 5.82 Å². The van der Waals surface area contributed by atoms with Crippen molar-refractivity contribution in [2.45, 2.75) is 19.4 Å². The molecule has 2 rings (SSSR count). The maximum Gasteiger partial charge on any atom is 0.165 e. The van der Waals surface area contributed by atoms with Crippen LogP contribution < -0.4 is 10.6 Å². The molecule has 5 heteroatoms. The lowest BCUT2D eigenvalue weighted by atomic mass is 10.0. The number of piperazine rings is 1. The van der Waals surface area contributed by atoms with Gasteiger partial charge in [-0.05, 0) is 26.0 Å². The summed E-state index contributed by atoms with van der Waals surface area (Å²) in [6.07, 6.45) is 1.63. The molecule has 2 heterocycles. The van der Waals surface area contributed by atoms with E-state index in [2.05, 4.69) is 23.7 Å². The van der Waals surface area contributed by atoms with Crippen LogP contribution in [0.15, 0.2) is 18.3 Å². The zero-order valence-corrected chi connectivity index (χ0v) is 11.1. The predicted molar refractivity (Wildman–Crippen MR) is 71.1 cm³/mol. The molecular formula is C13H21FN4. The highest BCUT2D eigenvalue weighted by Gasteiger charge is 2.29. The van der Waals surface area contributed by atoms with Crippen molar-refractivity contribution >= 4 is 5.82 Å². The van der Waals surface area contributed by atoms with Crippen LogP contribution in [0.4, 0.5) is 10.2 Å². The normalized spacial score (nSPS) is 18.1. The second-order valence-corrected chi connectivity index (χ2v) is 5.30. The number of nitrogens with two attached hydrogens (primary N) is 1. The molecule has 0 amide bonds. The second-order valence-electron chi connectivity index (χ2n) is 5.30. The average molecular weight is 252 g/mol. The first-order valence-corrected chi connectivity index (χ1v) is 6.35. The minimum absolute atomic E-state index is 0.00868. The molecule has 0 atom stereocenters. The van der Waals surface area contributed by atoms with Crippen LogP contribution in [0.3, 0.4) is 0 Å². The Bertz CT molecular complexity index is 400. The fourth-order valence-corrected chi connectivity index (χ4v) is 2.26. The Kier molecular flexibility index (Phi) is 3.82. The highest BCUT2D eigenvalue weighted by atomic mass is 19.1. The minimum Gasteiger partial charge on any atom is -0.352 e. The lowest BCUT2D eigenvalue weighted by Crippen LogP contribution is -2.57. The molecule has 0 aromatic carbocycles. The molecule has 0 unspecified atom stereocenters. The van der Waals surface area contributed by atoms with Gasteiger partial charge >= 0.3 is 0 Å². The summed E-state index contributed by atoms with van der Waals surface area (Å²) in [5.74, 6) is 0.215. The van der Waals surface area contributed by atoms with Gasteiger partial charge in [0.25, 0.3) is 0 Å². The summed E-state index contributed by atoms with van der Waals surface area (Å²) >= 11 is 0. The number of aromatic nitrogens is 1. The Morgan fingerprint density at radius 3 is 2.56 bits per heavy atom. The Morgan fingerprint density at radius 1 is 1.33 bits per heavy atom. The fourth-order valence-electron chi connectivity index (χ4n) is 2.26. The quantitative estimate of drug-likeness (QED) is 0.874. The van der Waals surface area contributed by atoms with Crippen molar-refractivity contribution in [2.75, 3.05) is 37.6 Å².